The molecule has 0 unspecified atom stereocenters. The van der Waals surface area contributed by atoms with E-state index in [-0.39, 0.29) is 11.2 Å². The smallest absolute Gasteiger partial charge is 0.333 e. The van der Waals surface area contributed by atoms with E-state index in [1.165, 1.54) is 15.9 Å². The largest absolute Gasteiger partial charge is 0.497 e. The number of fused-ring (bicyclic) bond motifs is 1. The average molecular weight is 367 g/mol. The van der Waals surface area contributed by atoms with Gasteiger partial charge in [-0.05, 0) is 41.8 Å². The molecule has 0 atom stereocenters. The minimum Gasteiger partial charge on any atom is -0.497 e. The zero-order chi connectivity index (χ0) is 18.3. The molecule has 0 fully saturated rings. The number of hydrogen-bond acceptors (Lipinski definition) is 6. The van der Waals surface area contributed by atoms with Crippen molar-refractivity contribution in [3.05, 3.63) is 58.0 Å². The molecule has 130 valence electrons. The summed E-state index contributed by atoms with van der Waals surface area (Å²) < 4.78 is 6.55. The molecule has 4 aromatic rings. The highest BCUT2D eigenvalue weighted by Crippen LogP contribution is 2.24. The summed E-state index contributed by atoms with van der Waals surface area (Å²) in [7, 11) is 1.57. The number of nitrogens with zero attached hydrogens (tertiary/aromatic N) is 3. The van der Waals surface area contributed by atoms with Crippen LogP contribution in [0.25, 0.3) is 27.6 Å². The SMILES string of the molecule is COc1ccc(-c2nc(C(N)=O)c3[nH]c(=O)n(-c4cccs4)c3n2)cc1. The van der Waals surface area contributed by atoms with Crippen LogP contribution in [0.2, 0.25) is 0 Å². The van der Waals surface area contributed by atoms with Gasteiger partial charge in [0.25, 0.3) is 5.91 Å². The Morgan fingerprint density at radius 3 is 2.62 bits per heavy atom. The number of methoxy groups -OCH3 is 1. The summed E-state index contributed by atoms with van der Waals surface area (Å²) in [6, 6.07) is 10.7. The van der Waals surface area contributed by atoms with Crippen LogP contribution in [0, 0.1) is 0 Å². The molecule has 3 heterocycles. The lowest BCUT2D eigenvalue weighted by atomic mass is 10.2. The van der Waals surface area contributed by atoms with Crippen LogP contribution in [0.3, 0.4) is 0 Å². The minimum absolute atomic E-state index is 0.0341. The van der Waals surface area contributed by atoms with Gasteiger partial charge in [-0.2, -0.15) is 0 Å². The summed E-state index contributed by atoms with van der Waals surface area (Å²) >= 11 is 1.38. The van der Waals surface area contributed by atoms with E-state index < -0.39 is 11.6 Å². The number of amides is 1. The number of carbonyl (C=O) groups is 1. The van der Waals surface area contributed by atoms with Crippen LogP contribution in [0.1, 0.15) is 10.5 Å². The number of aromatic nitrogens is 4. The maximum Gasteiger partial charge on any atom is 0.333 e. The Morgan fingerprint density at radius 2 is 2.00 bits per heavy atom. The van der Waals surface area contributed by atoms with E-state index in [0.29, 0.717) is 27.8 Å². The Bertz CT molecular complexity index is 1160. The number of H-pyrrole nitrogens is 1. The minimum atomic E-state index is -0.744. The number of ether oxygens (including phenoxy) is 1. The molecule has 0 bridgehead atoms. The van der Waals surface area contributed by atoms with Crippen LogP contribution in [0.4, 0.5) is 0 Å². The third kappa shape index (κ3) is 2.54. The second-order valence-electron chi connectivity index (χ2n) is 5.40. The van der Waals surface area contributed by atoms with Gasteiger partial charge < -0.3 is 15.5 Å². The fourth-order valence-electron chi connectivity index (χ4n) is 2.63. The third-order valence-electron chi connectivity index (χ3n) is 3.84. The fourth-order valence-corrected chi connectivity index (χ4v) is 3.36. The lowest BCUT2D eigenvalue weighted by molar-refractivity contribution is 0.0997. The number of nitrogens with one attached hydrogen (secondary N) is 1. The molecule has 0 saturated heterocycles. The number of hydrogen-bond donors (Lipinski definition) is 2. The number of imidazole rings is 1. The number of aromatic amines is 1. The van der Waals surface area contributed by atoms with E-state index in [0.717, 1.165) is 0 Å². The zero-order valence-corrected chi connectivity index (χ0v) is 14.4. The molecule has 0 aliphatic heterocycles. The lowest BCUT2D eigenvalue weighted by Gasteiger charge is -2.06. The molecule has 0 aliphatic rings. The van der Waals surface area contributed by atoms with Crippen LogP contribution in [-0.4, -0.2) is 32.5 Å². The zero-order valence-electron chi connectivity index (χ0n) is 13.6. The van der Waals surface area contributed by atoms with Gasteiger partial charge in [-0.15, -0.1) is 11.3 Å². The predicted molar refractivity (Wildman–Crippen MR) is 97.9 cm³/mol. The van der Waals surface area contributed by atoms with Gasteiger partial charge in [0.15, 0.2) is 17.2 Å². The van der Waals surface area contributed by atoms with Crippen LogP contribution >= 0.6 is 11.3 Å². The molecule has 26 heavy (non-hydrogen) atoms. The summed E-state index contributed by atoms with van der Waals surface area (Å²) in [5.74, 6) is 0.229. The van der Waals surface area contributed by atoms with Crippen LogP contribution in [0.5, 0.6) is 5.75 Å². The summed E-state index contributed by atoms with van der Waals surface area (Å²) in [5, 5.41) is 2.53. The van der Waals surface area contributed by atoms with Gasteiger partial charge in [0.1, 0.15) is 16.3 Å². The van der Waals surface area contributed by atoms with Crippen LogP contribution in [-0.2, 0) is 0 Å². The van der Waals surface area contributed by atoms with Crippen molar-refractivity contribution in [2.24, 2.45) is 5.73 Å². The Morgan fingerprint density at radius 1 is 1.23 bits per heavy atom. The fraction of sp³-hybridized carbons (Fsp3) is 0.0588. The summed E-state index contributed by atoms with van der Waals surface area (Å²) in [4.78, 5) is 35.7. The van der Waals surface area contributed by atoms with Gasteiger partial charge in [-0.3, -0.25) is 4.79 Å². The molecule has 4 rings (SSSR count). The molecule has 1 aromatic carbocycles. The molecule has 0 saturated carbocycles. The summed E-state index contributed by atoms with van der Waals surface area (Å²) in [6.07, 6.45) is 0. The highest BCUT2D eigenvalue weighted by Gasteiger charge is 2.20. The number of thiophene rings is 1. The topological polar surface area (TPSA) is 116 Å². The van der Waals surface area contributed by atoms with Crippen molar-refractivity contribution < 1.29 is 9.53 Å². The Balaban J connectivity index is 2.01. The standard InChI is InChI=1S/C17H13N5O3S/c1-25-10-6-4-9(5-7-10)15-19-12(14(18)23)13-16(21-15)22(17(24)20-13)11-3-2-8-26-11/h2-8H,1H3,(H2,18,23)(H,20,24). The van der Waals surface area contributed by atoms with Crippen LogP contribution in [0.15, 0.2) is 46.6 Å². The van der Waals surface area contributed by atoms with E-state index in [2.05, 4.69) is 15.0 Å². The van der Waals surface area contributed by atoms with Gasteiger partial charge in [0, 0.05) is 5.56 Å². The normalized spacial score (nSPS) is 11.0. The monoisotopic (exact) mass is 367 g/mol. The van der Waals surface area contributed by atoms with E-state index in [4.69, 9.17) is 10.5 Å². The molecule has 1 amide bonds. The van der Waals surface area contributed by atoms with Crippen molar-refractivity contribution in [1.82, 2.24) is 19.5 Å². The molecule has 8 nitrogen and oxygen atoms in total. The highest BCUT2D eigenvalue weighted by molar-refractivity contribution is 7.12. The van der Waals surface area contributed by atoms with Crippen molar-refractivity contribution in [3.8, 4) is 22.1 Å². The Labute approximate surface area is 150 Å². The van der Waals surface area contributed by atoms with E-state index in [1.807, 2.05) is 11.4 Å². The predicted octanol–water partition coefficient (Wildman–Crippen LogP) is 1.94. The third-order valence-corrected chi connectivity index (χ3v) is 4.70. The Hall–Kier alpha value is -3.46. The van der Waals surface area contributed by atoms with Crippen molar-refractivity contribution in [1.29, 1.82) is 0 Å². The second-order valence-corrected chi connectivity index (χ2v) is 6.33. The summed E-state index contributed by atoms with van der Waals surface area (Å²) in [5.41, 5.74) is 6.21. The van der Waals surface area contributed by atoms with Gasteiger partial charge in [0.2, 0.25) is 0 Å². The first-order valence-corrected chi connectivity index (χ1v) is 8.47. The first kappa shape index (κ1) is 16.0. The molecular formula is C17H13N5O3S. The molecule has 0 radical (unpaired) electrons. The molecule has 3 aromatic heterocycles. The van der Waals surface area contributed by atoms with E-state index in [9.17, 15) is 9.59 Å². The second kappa shape index (κ2) is 6.12. The number of benzene rings is 1. The molecule has 0 spiro atoms. The van der Waals surface area contributed by atoms with Crippen molar-refractivity contribution >= 4 is 28.4 Å². The number of nitrogens with two attached hydrogens (primary N) is 1. The Kier molecular flexibility index (Phi) is 3.77. The van der Waals surface area contributed by atoms with Crippen molar-refractivity contribution in [3.63, 3.8) is 0 Å². The lowest BCUT2D eigenvalue weighted by Crippen LogP contribution is -2.15. The van der Waals surface area contributed by atoms with Gasteiger partial charge in [-0.25, -0.2) is 19.3 Å². The van der Waals surface area contributed by atoms with E-state index in [1.54, 1.807) is 37.4 Å². The highest BCUT2D eigenvalue weighted by atomic mass is 32.1. The average Bonchev–Trinajstić information content (AvgIpc) is 3.27. The quantitative estimate of drug-likeness (QED) is 0.572. The maximum atomic E-state index is 12.4. The summed E-state index contributed by atoms with van der Waals surface area (Å²) in [6.45, 7) is 0. The molecule has 3 N–H and O–H groups in total. The number of carbonyl (C=O) groups excluding carboxylic acids is 1. The van der Waals surface area contributed by atoms with Crippen LogP contribution < -0.4 is 16.2 Å². The molecule has 0 aliphatic carbocycles. The molecule has 9 heteroatoms. The first-order valence-electron chi connectivity index (χ1n) is 7.59. The van der Waals surface area contributed by atoms with E-state index >= 15 is 0 Å². The molecular weight excluding hydrogens is 354 g/mol. The number of rotatable bonds is 4. The van der Waals surface area contributed by atoms with Gasteiger partial charge in [0.05, 0.1) is 7.11 Å². The first-order chi connectivity index (χ1) is 12.6. The van der Waals surface area contributed by atoms with Crippen molar-refractivity contribution in [2.75, 3.05) is 7.11 Å². The number of primary amides is 1. The maximum absolute atomic E-state index is 12.4. The van der Waals surface area contributed by atoms with Gasteiger partial charge in [-0.1, -0.05) is 0 Å². The van der Waals surface area contributed by atoms with Crippen molar-refractivity contribution in [2.45, 2.75) is 0 Å². The van der Waals surface area contributed by atoms with Gasteiger partial charge >= 0.3 is 5.69 Å².